The molecule has 0 aliphatic rings. The van der Waals surface area contributed by atoms with Crippen molar-refractivity contribution in [2.45, 2.75) is 24.3 Å². The van der Waals surface area contributed by atoms with Crippen molar-refractivity contribution in [1.82, 2.24) is 24.9 Å². The Balaban J connectivity index is 1.47. The average molecular weight is 500 g/mol. The van der Waals surface area contributed by atoms with Crippen molar-refractivity contribution in [2.75, 3.05) is 14.2 Å². The van der Waals surface area contributed by atoms with Gasteiger partial charge in [-0.3, -0.25) is 4.57 Å². The molecule has 0 saturated carbocycles. The molecule has 0 atom stereocenters. The molecule has 0 amide bonds. The molecule has 182 valence electrons. The number of thioether (sulfide) groups is 1. The summed E-state index contributed by atoms with van der Waals surface area (Å²) < 4.78 is 18.6. The fraction of sp³-hybridized carbons (Fsp3) is 0.185. The lowest BCUT2D eigenvalue weighted by Gasteiger charge is -2.15. The van der Waals surface area contributed by atoms with Gasteiger partial charge in [-0.2, -0.15) is 4.98 Å². The fourth-order valence-corrected chi connectivity index (χ4v) is 4.55. The summed E-state index contributed by atoms with van der Waals surface area (Å²) in [5.41, 5.74) is 4.01. The smallest absolute Gasteiger partial charge is 0.237 e. The molecule has 0 aliphatic carbocycles. The van der Waals surface area contributed by atoms with Gasteiger partial charge in [0.05, 0.1) is 25.7 Å². The summed E-state index contributed by atoms with van der Waals surface area (Å²) in [7, 11) is 3.28. The normalized spacial score (nSPS) is 11.0. The van der Waals surface area contributed by atoms with Gasteiger partial charge in [-0.1, -0.05) is 77.1 Å². The van der Waals surface area contributed by atoms with E-state index >= 15 is 0 Å². The number of hydrogen-bond acceptors (Lipinski definition) is 8. The first-order chi connectivity index (χ1) is 17.6. The van der Waals surface area contributed by atoms with Gasteiger partial charge in [0.1, 0.15) is 11.5 Å². The van der Waals surface area contributed by atoms with Crippen LogP contribution in [0.15, 0.2) is 82.5 Å². The highest BCUT2D eigenvalue weighted by molar-refractivity contribution is 7.98. The van der Waals surface area contributed by atoms with Gasteiger partial charge in [-0.25, -0.2) is 0 Å². The molecule has 2 aromatic heterocycles. The summed E-state index contributed by atoms with van der Waals surface area (Å²) in [4.78, 5) is 4.56. The van der Waals surface area contributed by atoms with E-state index < -0.39 is 0 Å². The lowest BCUT2D eigenvalue weighted by molar-refractivity contribution is 0.385. The Kier molecular flexibility index (Phi) is 6.99. The van der Waals surface area contributed by atoms with Crippen LogP contribution in [0.3, 0.4) is 0 Å². The van der Waals surface area contributed by atoms with E-state index in [0.717, 1.165) is 16.8 Å². The number of aryl methyl sites for hydroxylation is 1. The third-order valence-electron chi connectivity index (χ3n) is 5.61. The zero-order valence-electron chi connectivity index (χ0n) is 20.2. The summed E-state index contributed by atoms with van der Waals surface area (Å²) in [5.74, 6) is 3.68. The molecule has 3 aromatic carbocycles. The van der Waals surface area contributed by atoms with Crippen LogP contribution < -0.4 is 9.47 Å². The van der Waals surface area contributed by atoms with Gasteiger partial charge in [0.15, 0.2) is 16.8 Å². The maximum absolute atomic E-state index is 5.67. The van der Waals surface area contributed by atoms with Crippen LogP contribution in [0.5, 0.6) is 11.5 Å². The minimum absolute atomic E-state index is 0.445. The molecule has 8 nitrogen and oxygen atoms in total. The molecule has 0 unspecified atom stereocenters. The minimum Gasteiger partial charge on any atom is -0.497 e. The van der Waals surface area contributed by atoms with Crippen LogP contribution in [-0.2, 0) is 12.2 Å². The number of rotatable bonds is 9. The van der Waals surface area contributed by atoms with Crippen molar-refractivity contribution in [3.63, 3.8) is 0 Å². The highest BCUT2D eigenvalue weighted by Gasteiger charge is 2.21. The average Bonchev–Trinajstić information content (AvgIpc) is 3.55. The zero-order valence-corrected chi connectivity index (χ0v) is 21.0. The number of benzene rings is 3. The van der Waals surface area contributed by atoms with E-state index in [1.165, 1.54) is 17.3 Å². The van der Waals surface area contributed by atoms with Gasteiger partial charge >= 0.3 is 0 Å². The second-order valence-corrected chi connectivity index (χ2v) is 9.04. The largest absolute Gasteiger partial charge is 0.497 e. The maximum atomic E-state index is 5.67. The lowest BCUT2D eigenvalue weighted by atomic mass is 10.1. The predicted molar refractivity (Wildman–Crippen MR) is 138 cm³/mol. The molecule has 0 saturated heterocycles. The van der Waals surface area contributed by atoms with Crippen molar-refractivity contribution < 1.29 is 14.0 Å². The number of ether oxygens (including phenoxy) is 2. The number of methoxy groups -OCH3 is 2. The Morgan fingerprint density at radius 2 is 1.72 bits per heavy atom. The Morgan fingerprint density at radius 3 is 2.47 bits per heavy atom. The first kappa shape index (κ1) is 23.6. The van der Waals surface area contributed by atoms with Crippen molar-refractivity contribution in [3.05, 3.63) is 95.6 Å². The number of nitrogens with zero attached hydrogens (tertiary/aromatic N) is 5. The second-order valence-electron chi connectivity index (χ2n) is 8.10. The summed E-state index contributed by atoms with van der Waals surface area (Å²) in [6, 6.07) is 23.9. The second kappa shape index (κ2) is 10.7. The molecule has 2 heterocycles. The SMILES string of the molecule is COc1ccc(OC)c(-n2c(SCc3nc(Cc4ccccc4)no3)nnc2-c2ccc(C)cc2)c1. The first-order valence-electron chi connectivity index (χ1n) is 11.4. The molecule has 0 spiro atoms. The molecule has 0 aliphatic heterocycles. The Morgan fingerprint density at radius 1 is 0.917 bits per heavy atom. The zero-order chi connectivity index (χ0) is 24.9. The van der Waals surface area contributed by atoms with Crippen LogP contribution in [-0.4, -0.2) is 39.1 Å². The van der Waals surface area contributed by atoms with E-state index in [1.54, 1.807) is 14.2 Å². The van der Waals surface area contributed by atoms with Crippen LogP contribution >= 0.6 is 11.8 Å². The third-order valence-corrected chi connectivity index (χ3v) is 6.52. The summed E-state index contributed by atoms with van der Waals surface area (Å²) in [6.07, 6.45) is 0.615. The lowest BCUT2D eigenvalue weighted by Crippen LogP contribution is -2.03. The van der Waals surface area contributed by atoms with E-state index in [9.17, 15) is 0 Å². The van der Waals surface area contributed by atoms with E-state index in [1.807, 2.05) is 65.2 Å². The minimum atomic E-state index is 0.445. The number of aromatic nitrogens is 5. The van der Waals surface area contributed by atoms with Crippen molar-refractivity contribution in [1.29, 1.82) is 0 Å². The molecule has 5 aromatic rings. The molecule has 0 fully saturated rings. The molecular formula is C27H25N5O3S. The van der Waals surface area contributed by atoms with Gasteiger partial charge in [0, 0.05) is 18.1 Å². The van der Waals surface area contributed by atoms with Crippen LogP contribution in [0.2, 0.25) is 0 Å². The van der Waals surface area contributed by atoms with Crippen LogP contribution in [0.25, 0.3) is 17.1 Å². The monoisotopic (exact) mass is 499 g/mol. The molecule has 0 radical (unpaired) electrons. The maximum Gasteiger partial charge on any atom is 0.237 e. The first-order valence-corrected chi connectivity index (χ1v) is 12.4. The molecule has 0 bridgehead atoms. The van der Waals surface area contributed by atoms with Crippen molar-refractivity contribution in [2.24, 2.45) is 0 Å². The molecule has 36 heavy (non-hydrogen) atoms. The Hall–Kier alpha value is -4.11. The quantitative estimate of drug-likeness (QED) is 0.245. The topological polar surface area (TPSA) is 88.1 Å². The summed E-state index contributed by atoms with van der Waals surface area (Å²) in [6.45, 7) is 2.05. The van der Waals surface area contributed by atoms with E-state index in [0.29, 0.717) is 46.4 Å². The molecule has 5 rings (SSSR count). The standard InChI is InChI=1S/C27H25N5O3S/c1-18-9-11-20(12-10-18)26-29-30-27(32(26)22-16-21(33-2)13-14-23(22)34-3)36-17-25-28-24(31-35-25)15-19-7-5-4-6-8-19/h4-14,16H,15,17H2,1-3H3. The fourth-order valence-electron chi connectivity index (χ4n) is 3.77. The summed E-state index contributed by atoms with van der Waals surface area (Å²) >= 11 is 1.46. The van der Waals surface area contributed by atoms with Gasteiger partial charge < -0.3 is 14.0 Å². The van der Waals surface area contributed by atoms with Crippen LogP contribution in [0.4, 0.5) is 0 Å². The van der Waals surface area contributed by atoms with E-state index in [2.05, 4.69) is 39.4 Å². The van der Waals surface area contributed by atoms with E-state index in [4.69, 9.17) is 14.0 Å². The summed E-state index contributed by atoms with van der Waals surface area (Å²) in [5, 5.41) is 13.8. The molecular weight excluding hydrogens is 474 g/mol. The molecule has 9 heteroatoms. The number of hydrogen-bond donors (Lipinski definition) is 0. The van der Waals surface area contributed by atoms with Gasteiger partial charge in [0.2, 0.25) is 5.89 Å². The van der Waals surface area contributed by atoms with Crippen molar-refractivity contribution >= 4 is 11.8 Å². The highest BCUT2D eigenvalue weighted by atomic mass is 32.2. The van der Waals surface area contributed by atoms with Gasteiger partial charge in [-0.05, 0) is 24.6 Å². The molecule has 0 N–H and O–H groups in total. The highest BCUT2D eigenvalue weighted by Crippen LogP contribution is 2.35. The van der Waals surface area contributed by atoms with Crippen molar-refractivity contribution in [3.8, 4) is 28.6 Å². The Labute approximate surface area is 213 Å². The van der Waals surface area contributed by atoms with Crippen LogP contribution in [0, 0.1) is 6.92 Å². The van der Waals surface area contributed by atoms with Gasteiger partial charge in [0.25, 0.3) is 0 Å². The third kappa shape index (κ3) is 5.11. The predicted octanol–water partition coefficient (Wildman–Crippen LogP) is 5.53. The van der Waals surface area contributed by atoms with E-state index in [-0.39, 0.29) is 0 Å². The van der Waals surface area contributed by atoms with Gasteiger partial charge in [-0.15, -0.1) is 10.2 Å². The Bertz CT molecular complexity index is 1450. The van der Waals surface area contributed by atoms with Crippen LogP contribution in [0.1, 0.15) is 22.8 Å².